The molecule has 0 saturated carbocycles. The molecule has 0 unspecified atom stereocenters. The Morgan fingerprint density at radius 2 is 2.00 bits per heavy atom. The summed E-state index contributed by atoms with van der Waals surface area (Å²) < 4.78 is 0.544. The molecule has 4 N–H and O–H groups in total. The minimum absolute atomic E-state index is 0.0234. The molecule has 0 aliphatic carbocycles. The van der Waals surface area contributed by atoms with Crippen LogP contribution in [0.1, 0.15) is 10.4 Å². The average Bonchev–Trinajstić information content (AvgIpc) is 2.32. The monoisotopic (exact) mass is 306 g/mol. The third kappa shape index (κ3) is 2.81. The van der Waals surface area contributed by atoms with Crippen LogP contribution in [0.25, 0.3) is 0 Å². The molecule has 92 valence electrons. The number of phenolic OH excluding ortho intramolecular Hbond substituents is 1. The number of carbonyl (C=O) groups is 1. The Morgan fingerprint density at radius 3 is 2.67 bits per heavy atom. The van der Waals surface area contributed by atoms with Crippen LogP contribution in [0.15, 0.2) is 46.9 Å². The summed E-state index contributed by atoms with van der Waals surface area (Å²) in [6, 6.07) is 11.5. The topological polar surface area (TPSA) is 75.3 Å². The van der Waals surface area contributed by atoms with Crippen LogP contribution in [0, 0.1) is 0 Å². The first-order valence-corrected chi connectivity index (χ1v) is 6.01. The molecule has 0 aliphatic heterocycles. The molecule has 4 nitrogen and oxygen atoms in total. The van der Waals surface area contributed by atoms with Gasteiger partial charge >= 0.3 is 0 Å². The van der Waals surface area contributed by atoms with E-state index in [9.17, 15) is 9.90 Å². The van der Waals surface area contributed by atoms with Crippen LogP contribution in [-0.4, -0.2) is 11.0 Å². The smallest absolute Gasteiger partial charge is 0.255 e. The predicted molar refractivity (Wildman–Crippen MR) is 74.6 cm³/mol. The van der Waals surface area contributed by atoms with Gasteiger partial charge in [-0.2, -0.15) is 0 Å². The Bertz CT molecular complexity index is 599. The van der Waals surface area contributed by atoms with Crippen molar-refractivity contribution >= 4 is 33.2 Å². The fourth-order valence-corrected chi connectivity index (χ4v) is 1.72. The summed E-state index contributed by atoms with van der Waals surface area (Å²) in [7, 11) is 0. The van der Waals surface area contributed by atoms with Gasteiger partial charge in [-0.1, -0.05) is 6.07 Å². The second kappa shape index (κ2) is 5.10. The second-order valence-corrected chi connectivity index (χ2v) is 4.60. The van der Waals surface area contributed by atoms with Gasteiger partial charge in [0.25, 0.3) is 5.91 Å². The number of amides is 1. The lowest BCUT2D eigenvalue weighted by Gasteiger charge is -2.06. The normalized spacial score (nSPS) is 10.1. The summed E-state index contributed by atoms with van der Waals surface area (Å²) in [4.78, 5) is 11.9. The van der Waals surface area contributed by atoms with Gasteiger partial charge in [-0.3, -0.25) is 4.79 Å². The summed E-state index contributed by atoms with van der Waals surface area (Å²) in [5.41, 5.74) is 7.18. The molecule has 18 heavy (non-hydrogen) atoms. The molecular weight excluding hydrogens is 296 g/mol. The van der Waals surface area contributed by atoms with E-state index in [2.05, 4.69) is 21.2 Å². The van der Waals surface area contributed by atoms with Gasteiger partial charge < -0.3 is 16.2 Å². The standard InChI is InChI=1S/C13H11BrN2O2/c14-11-5-4-8(6-12(11)17)13(18)16-10-3-1-2-9(15)7-10/h1-7,17H,15H2,(H,16,18). The molecule has 0 heterocycles. The van der Waals surface area contributed by atoms with Gasteiger partial charge in [0.15, 0.2) is 0 Å². The first kappa shape index (κ1) is 12.4. The molecule has 0 spiro atoms. The van der Waals surface area contributed by atoms with Gasteiger partial charge in [0.1, 0.15) is 5.75 Å². The Kier molecular flexibility index (Phi) is 3.53. The minimum Gasteiger partial charge on any atom is -0.507 e. The first-order chi connectivity index (χ1) is 8.56. The summed E-state index contributed by atoms with van der Waals surface area (Å²) in [5, 5.41) is 12.2. The second-order valence-electron chi connectivity index (χ2n) is 3.75. The number of hydrogen-bond donors (Lipinski definition) is 3. The van der Waals surface area contributed by atoms with E-state index in [1.165, 1.54) is 6.07 Å². The van der Waals surface area contributed by atoms with Gasteiger partial charge in [-0.15, -0.1) is 0 Å². The van der Waals surface area contributed by atoms with Crippen LogP contribution in [0.3, 0.4) is 0 Å². The predicted octanol–water partition coefficient (Wildman–Crippen LogP) is 2.99. The van der Waals surface area contributed by atoms with Crippen LogP contribution < -0.4 is 11.1 Å². The van der Waals surface area contributed by atoms with Gasteiger partial charge in [0.05, 0.1) is 4.47 Å². The van der Waals surface area contributed by atoms with E-state index in [1.54, 1.807) is 36.4 Å². The van der Waals surface area contributed by atoms with E-state index in [4.69, 9.17) is 5.73 Å². The minimum atomic E-state index is -0.302. The molecule has 0 aromatic heterocycles. The molecule has 0 aliphatic rings. The number of nitrogens with two attached hydrogens (primary N) is 1. The number of phenols is 1. The quantitative estimate of drug-likeness (QED) is 0.747. The van der Waals surface area contributed by atoms with Crippen molar-refractivity contribution in [2.45, 2.75) is 0 Å². The fraction of sp³-hybridized carbons (Fsp3) is 0. The molecule has 0 radical (unpaired) electrons. The number of carbonyl (C=O) groups excluding carboxylic acids is 1. The summed E-state index contributed by atoms with van der Waals surface area (Å²) >= 11 is 3.16. The van der Waals surface area contributed by atoms with E-state index in [0.717, 1.165) is 0 Å². The van der Waals surface area contributed by atoms with E-state index in [1.807, 2.05) is 0 Å². The zero-order valence-corrected chi connectivity index (χ0v) is 10.9. The molecule has 0 atom stereocenters. The molecule has 5 heteroatoms. The van der Waals surface area contributed by atoms with Crippen LogP contribution >= 0.6 is 15.9 Å². The zero-order chi connectivity index (χ0) is 13.1. The number of nitrogens with one attached hydrogen (secondary N) is 1. The Hall–Kier alpha value is -2.01. The summed E-state index contributed by atoms with van der Waals surface area (Å²) in [6.45, 7) is 0. The molecule has 1 amide bonds. The van der Waals surface area contributed by atoms with E-state index in [0.29, 0.717) is 21.4 Å². The summed E-state index contributed by atoms with van der Waals surface area (Å²) in [5.74, 6) is -0.279. The Morgan fingerprint density at radius 1 is 1.22 bits per heavy atom. The first-order valence-electron chi connectivity index (χ1n) is 5.21. The highest BCUT2D eigenvalue weighted by atomic mass is 79.9. The average molecular weight is 307 g/mol. The number of nitrogen functional groups attached to an aromatic ring is 1. The Labute approximate surface area is 113 Å². The third-order valence-electron chi connectivity index (χ3n) is 2.35. The Balaban J connectivity index is 2.19. The lowest BCUT2D eigenvalue weighted by atomic mass is 10.2. The largest absolute Gasteiger partial charge is 0.507 e. The molecule has 0 fully saturated rings. The number of aromatic hydroxyl groups is 1. The van der Waals surface area contributed by atoms with Crippen molar-refractivity contribution in [3.8, 4) is 5.75 Å². The van der Waals surface area contributed by atoms with Crippen LogP contribution in [-0.2, 0) is 0 Å². The van der Waals surface area contributed by atoms with Gasteiger partial charge in [0.2, 0.25) is 0 Å². The van der Waals surface area contributed by atoms with Crippen molar-refractivity contribution < 1.29 is 9.90 Å². The maximum atomic E-state index is 11.9. The highest BCUT2D eigenvalue weighted by Crippen LogP contribution is 2.24. The molecule has 0 saturated heterocycles. The van der Waals surface area contributed by atoms with Gasteiger partial charge in [-0.25, -0.2) is 0 Å². The van der Waals surface area contributed by atoms with Crippen LogP contribution in [0.4, 0.5) is 11.4 Å². The zero-order valence-electron chi connectivity index (χ0n) is 9.35. The number of rotatable bonds is 2. The van der Waals surface area contributed by atoms with Crippen molar-refractivity contribution in [2.24, 2.45) is 0 Å². The number of anilines is 2. The van der Waals surface area contributed by atoms with Crippen LogP contribution in [0.5, 0.6) is 5.75 Å². The lowest BCUT2D eigenvalue weighted by molar-refractivity contribution is 0.102. The van der Waals surface area contributed by atoms with Crippen molar-refractivity contribution in [2.75, 3.05) is 11.1 Å². The van der Waals surface area contributed by atoms with Crippen LogP contribution in [0.2, 0.25) is 0 Å². The molecule has 0 bridgehead atoms. The fourth-order valence-electron chi connectivity index (χ4n) is 1.47. The van der Waals surface area contributed by atoms with Crippen molar-refractivity contribution in [1.82, 2.24) is 0 Å². The maximum absolute atomic E-state index is 11.9. The SMILES string of the molecule is Nc1cccc(NC(=O)c2ccc(Br)c(O)c2)c1. The molecular formula is C13H11BrN2O2. The van der Waals surface area contributed by atoms with E-state index >= 15 is 0 Å². The van der Waals surface area contributed by atoms with Crippen molar-refractivity contribution in [1.29, 1.82) is 0 Å². The molecule has 2 aromatic carbocycles. The van der Waals surface area contributed by atoms with E-state index < -0.39 is 0 Å². The maximum Gasteiger partial charge on any atom is 0.255 e. The van der Waals surface area contributed by atoms with Gasteiger partial charge in [0, 0.05) is 16.9 Å². The van der Waals surface area contributed by atoms with Crippen molar-refractivity contribution in [3.05, 3.63) is 52.5 Å². The third-order valence-corrected chi connectivity index (χ3v) is 3.02. The summed E-state index contributed by atoms with van der Waals surface area (Å²) in [6.07, 6.45) is 0. The van der Waals surface area contributed by atoms with Crippen molar-refractivity contribution in [3.63, 3.8) is 0 Å². The van der Waals surface area contributed by atoms with Gasteiger partial charge in [-0.05, 0) is 52.3 Å². The highest BCUT2D eigenvalue weighted by Gasteiger charge is 2.08. The molecule has 2 rings (SSSR count). The number of halogens is 1. The number of benzene rings is 2. The highest BCUT2D eigenvalue weighted by molar-refractivity contribution is 9.10. The number of hydrogen-bond acceptors (Lipinski definition) is 3. The lowest BCUT2D eigenvalue weighted by Crippen LogP contribution is -2.11. The molecule has 2 aromatic rings. The van der Waals surface area contributed by atoms with E-state index in [-0.39, 0.29) is 11.7 Å².